The molecule has 0 spiro atoms. The third-order valence-electron chi connectivity index (χ3n) is 7.64. The van der Waals surface area contributed by atoms with Crippen LogP contribution in [0.15, 0.2) is 121 Å². The lowest BCUT2D eigenvalue weighted by atomic mass is 10.1. The molecule has 0 N–H and O–H groups in total. The molecule has 0 bridgehead atoms. The molecule has 4 nitrogen and oxygen atoms in total. The summed E-state index contributed by atoms with van der Waals surface area (Å²) < 4.78 is 26.4. The van der Waals surface area contributed by atoms with E-state index in [-0.39, 0.29) is 24.4 Å². The number of rotatable bonds is 13. The lowest BCUT2D eigenvalue weighted by molar-refractivity contribution is -0.0897. The molecule has 0 unspecified atom stereocenters. The van der Waals surface area contributed by atoms with Crippen molar-refractivity contribution in [2.24, 2.45) is 0 Å². The number of ether oxygens (including phenoxy) is 4. The monoisotopic (exact) mass is 552 g/mol. The van der Waals surface area contributed by atoms with Gasteiger partial charge in [-0.1, -0.05) is 140 Å². The second kappa shape index (κ2) is 14.0. The zero-order valence-electron chi connectivity index (χ0n) is 23.5. The molecule has 0 radical (unpaired) electrons. The first-order valence-corrected chi connectivity index (χ1v) is 17.4. The molecule has 5 heteroatoms. The largest absolute Gasteiger partial charge is 0.374 e. The van der Waals surface area contributed by atoms with Gasteiger partial charge in [-0.15, -0.1) is 0 Å². The summed E-state index contributed by atoms with van der Waals surface area (Å²) >= 11 is 0. The summed E-state index contributed by atoms with van der Waals surface area (Å²) in [6, 6.07) is 42.7. The standard InChI is InChI=1S/C35H40O4Si/c1-40(2,31-21-13-6-14-22-31)27-33-35(38-25-30-19-11-5-12-20-30)34(37-24-29-17-9-4-10-18-29)32(39-33)26-36-23-28-15-7-3-8-16-28/h3-22,32-35H,23-27H2,1-2H3/t32-,33-,34-,35-/m0/s1. The number of hydrogen-bond acceptors (Lipinski definition) is 4. The molecule has 4 atom stereocenters. The first kappa shape index (κ1) is 28.5. The second-order valence-electron chi connectivity index (χ2n) is 11.2. The van der Waals surface area contributed by atoms with Crippen molar-refractivity contribution in [1.82, 2.24) is 0 Å². The third kappa shape index (κ3) is 7.78. The van der Waals surface area contributed by atoms with Crippen molar-refractivity contribution in [1.29, 1.82) is 0 Å². The van der Waals surface area contributed by atoms with Gasteiger partial charge in [0.05, 0.1) is 40.6 Å². The first-order chi connectivity index (χ1) is 19.6. The summed E-state index contributed by atoms with van der Waals surface area (Å²) in [4.78, 5) is 0. The van der Waals surface area contributed by atoms with Crippen LogP contribution in [0.5, 0.6) is 0 Å². The maximum atomic E-state index is 6.82. The Bertz CT molecular complexity index is 1270. The first-order valence-electron chi connectivity index (χ1n) is 14.2. The van der Waals surface area contributed by atoms with Gasteiger partial charge in [-0.05, 0) is 22.7 Å². The van der Waals surface area contributed by atoms with E-state index in [2.05, 4.69) is 92.0 Å². The van der Waals surface area contributed by atoms with E-state index in [0.717, 1.165) is 22.7 Å². The third-order valence-corrected chi connectivity index (χ3v) is 11.0. The summed E-state index contributed by atoms with van der Waals surface area (Å²) in [6.07, 6.45) is -0.759. The molecule has 0 aliphatic carbocycles. The minimum absolute atomic E-state index is 0.0864. The van der Waals surface area contributed by atoms with Crippen LogP contribution in [0.2, 0.25) is 19.1 Å². The SMILES string of the molecule is C[Si](C)(C[C@@H]1O[C@@H](COCc2ccccc2)[C@H](OCc2ccccc2)[C@H]1OCc1ccccc1)c1ccccc1. The van der Waals surface area contributed by atoms with Gasteiger partial charge in [0, 0.05) is 0 Å². The highest BCUT2D eigenvalue weighted by molar-refractivity contribution is 6.89. The van der Waals surface area contributed by atoms with Crippen LogP contribution >= 0.6 is 0 Å². The Morgan fingerprint density at radius 1 is 0.550 bits per heavy atom. The van der Waals surface area contributed by atoms with Gasteiger partial charge in [-0.3, -0.25) is 0 Å². The van der Waals surface area contributed by atoms with Crippen LogP contribution < -0.4 is 5.19 Å². The molecule has 0 aromatic heterocycles. The van der Waals surface area contributed by atoms with Gasteiger partial charge >= 0.3 is 0 Å². The van der Waals surface area contributed by atoms with Crippen LogP contribution in [0.25, 0.3) is 0 Å². The van der Waals surface area contributed by atoms with E-state index in [4.69, 9.17) is 18.9 Å². The fraction of sp³-hybridized carbons (Fsp3) is 0.314. The van der Waals surface area contributed by atoms with Gasteiger partial charge < -0.3 is 18.9 Å². The van der Waals surface area contributed by atoms with Crippen molar-refractivity contribution in [2.45, 2.75) is 63.4 Å². The quantitative estimate of drug-likeness (QED) is 0.172. The molecule has 0 saturated carbocycles. The molecule has 4 aromatic carbocycles. The molecule has 40 heavy (non-hydrogen) atoms. The fourth-order valence-corrected chi connectivity index (χ4v) is 8.08. The average Bonchev–Trinajstić information content (AvgIpc) is 3.31. The highest BCUT2D eigenvalue weighted by atomic mass is 28.3. The second-order valence-corrected chi connectivity index (χ2v) is 15.9. The van der Waals surface area contributed by atoms with Gasteiger partial charge in [-0.25, -0.2) is 0 Å². The molecule has 1 heterocycles. The number of benzene rings is 4. The maximum Gasteiger partial charge on any atom is 0.115 e. The lowest BCUT2D eigenvalue weighted by Gasteiger charge is -2.30. The Kier molecular flexibility index (Phi) is 9.98. The Hall–Kier alpha value is -3.06. The Morgan fingerprint density at radius 3 is 1.48 bits per heavy atom. The molecular formula is C35H40O4Si. The van der Waals surface area contributed by atoms with E-state index in [0.29, 0.717) is 26.4 Å². The highest BCUT2D eigenvalue weighted by Gasteiger charge is 2.48. The molecule has 208 valence electrons. The molecule has 1 fully saturated rings. The van der Waals surface area contributed by atoms with Gasteiger partial charge in [0.25, 0.3) is 0 Å². The zero-order valence-corrected chi connectivity index (χ0v) is 24.5. The van der Waals surface area contributed by atoms with Crippen molar-refractivity contribution in [3.05, 3.63) is 138 Å². The van der Waals surface area contributed by atoms with Crippen LogP contribution in [0.3, 0.4) is 0 Å². The van der Waals surface area contributed by atoms with E-state index in [1.807, 2.05) is 42.5 Å². The van der Waals surface area contributed by atoms with Crippen molar-refractivity contribution < 1.29 is 18.9 Å². The van der Waals surface area contributed by atoms with Crippen molar-refractivity contribution >= 4 is 13.3 Å². The molecule has 0 amide bonds. The van der Waals surface area contributed by atoms with E-state index in [1.165, 1.54) is 5.19 Å². The van der Waals surface area contributed by atoms with E-state index in [1.54, 1.807) is 0 Å². The van der Waals surface area contributed by atoms with Crippen LogP contribution in [0.1, 0.15) is 16.7 Å². The maximum absolute atomic E-state index is 6.82. The van der Waals surface area contributed by atoms with Crippen molar-refractivity contribution in [2.75, 3.05) is 6.61 Å². The van der Waals surface area contributed by atoms with Crippen molar-refractivity contribution in [3.8, 4) is 0 Å². The molecule has 1 aliphatic rings. The lowest BCUT2D eigenvalue weighted by Crippen LogP contribution is -2.47. The molecule has 1 saturated heterocycles. The normalized spacial score (nSPS) is 20.9. The van der Waals surface area contributed by atoms with E-state index >= 15 is 0 Å². The number of hydrogen-bond donors (Lipinski definition) is 0. The summed E-state index contributed by atoms with van der Waals surface area (Å²) in [5.41, 5.74) is 3.43. The van der Waals surface area contributed by atoms with Gasteiger partial charge in [0.2, 0.25) is 0 Å². The zero-order chi connectivity index (χ0) is 27.6. The molecule has 5 rings (SSSR count). The highest BCUT2D eigenvalue weighted by Crippen LogP contribution is 2.33. The fourth-order valence-electron chi connectivity index (χ4n) is 5.42. The van der Waals surface area contributed by atoms with Crippen molar-refractivity contribution in [3.63, 3.8) is 0 Å². The topological polar surface area (TPSA) is 36.9 Å². The van der Waals surface area contributed by atoms with Gasteiger partial charge in [-0.2, -0.15) is 0 Å². The van der Waals surface area contributed by atoms with E-state index < -0.39 is 8.07 Å². The Balaban J connectivity index is 1.37. The summed E-state index contributed by atoms with van der Waals surface area (Å²) in [5.74, 6) is 0. The summed E-state index contributed by atoms with van der Waals surface area (Å²) in [7, 11) is -1.83. The van der Waals surface area contributed by atoms with Crippen LogP contribution in [0, 0.1) is 0 Å². The Labute approximate surface area is 239 Å². The predicted octanol–water partition coefficient (Wildman–Crippen LogP) is 6.76. The minimum Gasteiger partial charge on any atom is -0.374 e. The average molecular weight is 553 g/mol. The summed E-state index contributed by atoms with van der Waals surface area (Å²) in [5, 5.41) is 1.42. The predicted molar refractivity (Wildman–Crippen MR) is 163 cm³/mol. The molecule has 4 aromatic rings. The van der Waals surface area contributed by atoms with Gasteiger partial charge in [0.1, 0.15) is 18.3 Å². The Morgan fingerprint density at radius 2 is 0.975 bits per heavy atom. The van der Waals surface area contributed by atoms with Crippen LogP contribution in [0.4, 0.5) is 0 Å². The molecule has 1 aliphatic heterocycles. The molecular weight excluding hydrogens is 512 g/mol. The van der Waals surface area contributed by atoms with Crippen LogP contribution in [-0.2, 0) is 38.8 Å². The smallest absolute Gasteiger partial charge is 0.115 e. The van der Waals surface area contributed by atoms with E-state index in [9.17, 15) is 0 Å². The minimum atomic E-state index is -1.83. The van der Waals surface area contributed by atoms with Crippen LogP contribution in [-0.4, -0.2) is 39.1 Å². The summed E-state index contributed by atoms with van der Waals surface area (Å²) in [6.45, 7) is 6.83. The van der Waals surface area contributed by atoms with Gasteiger partial charge in [0.15, 0.2) is 0 Å².